The molecular weight excluding hydrogens is 214 g/mol. The quantitative estimate of drug-likeness (QED) is 0.740. The summed E-state index contributed by atoms with van der Waals surface area (Å²) in [5.74, 6) is 0.847. The van der Waals surface area contributed by atoms with Crippen molar-refractivity contribution in [2.24, 2.45) is 0 Å². The second-order valence-electron chi connectivity index (χ2n) is 3.53. The van der Waals surface area contributed by atoms with Crippen LogP contribution in [0.15, 0.2) is 6.33 Å². The summed E-state index contributed by atoms with van der Waals surface area (Å²) in [6, 6.07) is 0.250. The SMILES string of the molecule is COCC(C)N(C)c1ncnc(Cl)c1C. The molecule has 0 amide bonds. The van der Waals surface area contributed by atoms with Gasteiger partial charge >= 0.3 is 0 Å². The van der Waals surface area contributed by atoms with Gasteiger partial charge in [0, 0.05) is 19.7 Å². The Morgan fingerprint density at radius 3 is 2.80 bits per heavy atom. The molecule has 0 saturated carbocycles. The van der Waals surface area contributed by atoms with E-state index in [0.29, 0.717) is 11.8 Å². The minimum Gasteiger partial charge on any atom is -0.383 e. The Kier molecular flexibility index (Phi) is 4.29. The molecule has 5 heteroatoms. The zero-order valence-electron chi connectivity index (χ0n) is 9.49. The number of hydrogen-bond donors (Lipinski definition) is 0. The van der Waals surface area contributed by atoms with Gasteiger partial charge in [-0.25, -0.2) is 9.97 Å². The highest BCUT2D eigenvalue weighted by Gasteiger charge is 2.14. The lowest BCUT2D eigenvalue weighted by molar-refractivity contribution is 0.183. The number of halogens is 1. The second-order valence-corrected chi connectivity index (χ2v) is 3.89. The average Bonchev–Trinajstić information content (AvgIpc) is 2.21. The van der Waals surface area contributed by atoms with Crippen LogP contribution in [0.3, 0.4) is 0 Å². The number of hydrogen-bond acceptors (Lipinski definition) is 4. The molecule has 0 fully saturated rings. The molecule has 0 aliphatic rings. The summed E-state index contributed by atoms with van der Waals surface area (Å²) >= 11 is 5.93. The smallest absolute Gasteiger partial charge is 0.137 e. The van der Waals surface area contributed by atoms with Gasteiger partial charge in [-0.1, -0.05) is 11.6 Å². The molecule has 0 saturated heterocycles. The van der Waals surface area contributed by atoms with Crippen LogP contribution in [0.2, 0.25) is 5.15 Å². The molecule has 4 nitrogen and oxygen atoms in total. The Labute approximate surface area is 95.2 Å². The fourth-order valence-electron chi connectivity index (χ4n) is 1.34. The summed E-state index contributed by atoms with van der Waals surface area (Å²) in [6.45, 7) is 4.63. The molecule has 84 valence electrons. The van der Waals surface area contributed by atoms with Crippen LogP contribution < -0.4 is 4.90 Å². The van der Waals surface area contributed by atoms with Crippen LogP contribution in [0.1, 0.15) is 12.5 Å². The Balaban J connectivity index is 2.90. The molecule has 0 aromatic carbocycles. The normalized spacial score (nSPS) is 12.6. The molecule has 0 radical (unpaired) electrons. The number of methoxy groups -OCH3 is 1. The van der Waals surface area contributed by atoms with Crippen LogP contribution in [-0.2, 0) is 4.74 Å². The van der Waals surface area contributed by atoms with Crippen LogP contribution in [0, 0.1) is 6.92 Å². The molecule has 0 N–H and O–H groups in total. The highest BCUT2D eigenvalue weighted by Crippen LogP contribution is 2.22. The maximum absolute atomic E-state index is 5.93. The number of anilines is 1. The minimum absolute atomic E-state index is 0.250. The predicted octanol–water partition coefficient (Wildman–Crippen LogP) is 1.91. The molecule has 0 aliphatic heterocycles. The van der Waals surface area contributed by atoms with Crippen LogP contribution in [0.25, 0.3) is 0 Å². The molecule has 1 atom stereocenters. The molecular formula is C10H16ClN3O. The molecule has 0 spiro atoms. The van der Waals surface area contributed by atoms with Crippen LogP contribution in [-0.4, -0.2) is 36.8 Å². The largest absolute Gasteiger partial charge is 0.383 e. The number of likely N-dealkylation sites (N-methyl/N-ethyl adjacent to an activating group) is 1. The number of nitrogens with zero attached hydrogens (tertiary/aromatic N) is 3. The summed E-state index contributed by atoms with van der Waals surface area (Å²) in [5, 5.41) is 0.497. The van der Waals surface area contributed by atoms with Gasteiger partial charge in [-0.05, 0) is 13.8 Å². The van der Waals surface area contributed by atoms with E-state index in [1.807, 2.05) is 18.9 Å². The topological polar surface area (TPSA) is 38.2 Å². The number of ether oxygens (including phenoxy) is 1. The first kappa shape index (κ1) is 12.2. The van der Waals surface area contributed by atoms with E-state index in [1.165, 1.54) is 6.33 Å². The minimum atomic E-state index is 0.250. The highest BCUT2D eigenvalue weighted by molar-refractivity contribution is 6.30. The summed E-state index contributed by atoms with van der Waals surface area (Å²) in [7, 11) is 3.65. The van der Waals surface area contributed by atoms with E-state index in [2.05, 4.69) is 16.9 Å². The zero-order chi connectivity index (χ0) is 11.4. The van der Waals surface area contributed by atoms with Crippen molar-refractivity contribution in [1.82, 2.24) is 9.97 Å². The van der Waals surface area contributed by atoms with E-state index in [0.717, 1.165) is 11.4 Å². The Morgan fingerprint density at radius 1 is 1.53 bits per heavy atom. The van der Waals surface area contributed by atoms with Crippen molar-refractivity contribution in [1.29, 1.82) is 0 Å². The molecule has 0 aliphatic carbocycles. The van der Waals surface area contributed by atoms with Crippen molar-refractivity contribution in [3.63, 3.8) is 0 Å². The molecule has 1 aromatic heterocycles. The van der Waals surface area contributed by atoms with Gasteiger partial charge in [-0.2, -0.15) is 0 Å². The third kappa shape index (κ3) is 2.79. The summed E-state index contributed by atoms with van der Waals surface area (Å²) in [5.41, 5.74) is 0.893. The monoisotopic (exact) mass is 229 g/mol. The Morgan fingerprint density at radius 2 is 2.20 bits per heavy atom. The molecule has 1 aromatic rings. The van der Waals surface area contributed by atoms with Crippen molar-refractivity contribution in [3.8, 4) is 0 Å². The maximum Gasteiger partial charge on any atom is 0.137 e. The van der Waals surface area contributed by atoms with Crippen molar-refractivity contribution in [2.75, 3.05) is 25.7 Å². The second kappa shape index (κ2) is 5.28. The van der Waals surface area contributed by atoms with Gasteiger partial charge in [0.2, 0.25) is 0 Å². The van der Waals surface area contributed by atoms with Crippen molar-refractivity contribution in [2.45, 2.75) is 19.9 Å². The van der Waals surface area contributed by atoms with Crippen LogP contribution in [0.4, 0.5) is 5.82 Å². The Bertz CT molecular complexity index is 332. The third-order valence-electron chi connectivity index (χ3n) is 2.40. The van der Waals surface area contributed by atoms with Crippen molar-refractivity contribution in [3.05, 3.63) is 17.0 Å². The van der Waals surface area contributed by atoms with Crippen molar-refractivity contribution < 1.29 is 4.74 Å². The lowest BCUT2D eigenvalue weighted by Crippen LogP contribution is -2.33. The fourth-order valence-corrected chi connectivity index (χ4v) is 1.47. The maximum atomic E-state index is 5.93. The average molecular weight is 230 g/mol. The van der Waals surface area contributed by atoms with Crippen molar-refractivity contribution >= 4 is 17.4 Å². The van der Waals surface area contributed by atoms with Gasteiger partial charge in [0.05, 0.1) is 12.6 Å². The zero-order valence-corrected chi connectivity index (χ0v) is 10.2. The molecule has 1 unspecified atom stereocenters. The van der Waals surface area contributed by atoms with Gasteiger partial charge in [0.25, 0.3) is 0 Å². The van der Waals surface area contributed by atoms with Gasteiger partial charge in [-0.15, -0.1) is 0 Å². The van der Waals surface area contributed by atoms with E-state index in [-0.39, 0.29) is 6.04 Å². The lowest BCUT2D eigenvalue weighted by Gasteiger charge is -2.26. The van der Waals surface area contributed by atoms with Gasteiger partial charge in [-0.3, -0.25) is 0 Å². The predicted molar refractivity (Wildman–Crippen MR) is 61.5 cm³/mol. The van der Waals surface area contributed by atoms with E-state index in [9.17, 15) is 0 Å². The fraction of sp³-hybridized carbons (Fsp3) is 0.600. The molecule has 15 heavy (non-hydrogen) atoms. The Hall–Kier alpha value is -0.870. The first-order valence-corrected chi connectivity index (χ1v) is 5.14. The molecule has 1 rings (SSSR count). The summed E-state index contributed by atoms with van der Waals surface area (Å²) < 4.78 is 5.10. The molecule has 0 bridgehead atoms. The summed E-state index contributed by atoms with van der Waals surface area (Å²) in [6.07, 6.45) is 1.47. The van der Waals surface area contributed by atoms with Gasteiger partial charge < -0.3 is 9.64 Å². The first-order valence-electron chi connectivity index (χ1n) is 4.76. The summed E-state index contributed by atoms with van der Waals surface area (Å²) in [4.78, 5) is 10.2. The van der Waals surface area contributed by atoms with Crippen LogP contribution in [0.5, 0.6) is 0 Å². The third-order valence-corrected chi connectivity index (χ3v) is 2.78. The lowest BCUT2D eigenvalue weighted by atomic mass is 10.2. The van der Waals surface area contributed by atoms with E-state index >= 15 is 0 Å². The number of rotatable bonds is 4. The van der Waals surface area contributed by atoms with Gasteiger partial charge in [0.1, 0.15) is 17.3 Å². The van der Waals surface area contributed by atoms with E-state index < -0.39 is 0 Å². The van der Waals surface area contributed by atoms with Crippen LogP contribution >= 0.6 is 11.6 Å². The van der Waals surface area contributed by atoms with E-state index in [4.69, 9.17) is 16.3 Å². The number of aromatic nitrogens is 2. The molecule has 1 heterocycles. The van der Waals surface area contributed by atoms with Gasteiger partial charge in [0.15, 0.2) is 0 Å². The van der Waals surface area contributed by atoms with E-state index in [1.54, 1.807) is 7.11 Å². The standard InChI is InChI=1S/C10H16ClN3O/c1-7(5-15-4)14(3)10-8(2)9(11)12-6-13-10/h6-7H,5H2,1-4H3. The first-order chi connectivity index (χ1) is 7.07. The highest BCUT2D eigenvalue weighted by atomic mass is 35.5.